The third-order valence-corrected chi connectivity index (χ3v) is 4.96. The van der Waals surface area contributed by atoms with E-state index >= 15 is 0 Å². The number of nitrogens with one attached hydrogen (secondary N) is 1. The van der Waals surface area contributed by atoms with Crippen molar-refractivity contribution in [2.75, 3.05) is 0 Å². The van der Waals surface area contributed by atoms with Crippen molar-refractivity contribution >= 4 is 22.8 Å². The highest BCUT2D eigenvalue weighted by molar-refractivity contribution is 5.91. The van der Waals surface area contributed by atoms with E-state index in [1.54, 1.807) is 0 Å². The van der Waals surface area contributed by atoms with E-state index in [1.807, 2.05) is 31.2 Å². The first kappa shape index (κ1) is 12.4. The zero-order valence-corrected chi connectivity index (χ0v) is 11.7. The highest BCUT2D eigenvalue weighted by Gasteiger charge is 2.51. The van der Waals surface area contributed by atoms with Crippen LogP contribution < -0.4 is 5.11 Å². The molecule has 0 bridgehead atoms. The van der Waals surface area contributed by atoms with Crippen molar-refractivity contribution in [1.29, 1.82) is 0 Å². The lowest BCUT2D eigenvalue weighted by Crippen LogP contribution is -2.58. The van der Waals surface area contributed by atoms with Gasteiger partial charge in [-0.2, -0.15) is 0 Å². The molecule has 0 aliphatic carbocycles. The quantitative estimate of drug-likeness (QED) is 0.836. The van der Waals surface area contributed by atoms with Gasteiger partial charge in [0.15, 0.2) is 0 Å². The summed E-state index contributed by atoms with van der Waals surface area (Å²) >= 11 is 0. The predicted octanol–water partition coefficient (Wildman–Crippen LogP) is 0.680. The number of fused-ring (bicyclic) bond motifs is 5. The van der Waals surface area contributed by atoms with E-state index in [9.17, 15) is 14.7 Å². The van der Waals surface area contributed by atoms with Gasteiger partial charge < -0.3 is 19.8 Å². The van der Waals surface area contributed by atoms with Crippen LogP contribution in [0.5, 0.6) is 0 Å². The molecule has 2 aliphatic heterocycles. The fraction of sp³-hybridized carbons (Fsp3) is 0.375. The topological polar surface area (TPSA) is 76.2 Å². The number of hydrogen-bond acceptors (Lipinski definition) is 3. The van der Waals surface area contributed by atoms with Crippen molar-refractivity contribution < 1.29 is 14.7 Å². The van der Waals surface area contributed by atoms with Crippen LogP contribution in [-0.2, 0) is 21.5 Å². The first-order chi connectivity index (χ1) is 10.0. The third kappa shape index (κ3) is 1.46. The van der Waals surface area contributed by atoms with E-state index in [0.717, 1.165) is 22.2 Å². The lowest BCUT2D eigenvalue weighted by Gasteiger charge is -2.45. The number of H-pyrrole nitrogens is 1. The van der Waals surface area contributed by atoms with Gasteiger partial charge in [0.2, 0.25) is 5.91 Å². The van der Waals surface area contributed by atoms with Crippen LogP contribution in [0.4, 0.5) is 0 Å². The summed E-state index contributed by atoms with van der Waals surface area (Å²) in [7, 11) is 0. The molecule has 0 saturated carbocycles. The summed E-state index contributed by atoms with van der Waals surface area (Å²) in [6, 6.07) is 6.98. The Labute approximate surface area is 121 Å². The maximum absolute atomic E-state index is 12.2. The highest BCUT2D eigenvalue weighted by Crippen LogP contribution is 2.47. The van der Waals surface area contributed by atoms with Crippen molar-refractivity contribution in [1.82, 2.24) is 9.88 Å². The number of nitrogens with zero attached hydrogens (tertiary/aromatic N) is 1. The van der Waals surface area contributed by atoms with Gasteiger partial charge in [0.1, 0.15) is 0 Å². The van der Waals surface area contributed by atoms with Crippen LogP contribution in [-0.4, -0.2) is 27.8 Å². The number of aromatic amines is 1. The average molecular weight is 283 g/mol. The number of carbonyl (C=O) groups excluding carboxylic acids is 2. The Hall–Kier alpha value is -2.30. The normalized spacial score (nSPS) is 27.8. The number of rotatable bonds is 1. The minimum absolute atomic E-state index is 0.101. The second-order valence-corrected chi connectivity index (χ2v) is 6.10. The van der Waals surface area contributed by atoms with Crippen LogP contribution in [0.15, 0.2) is 24.3 Å². The molecule has 1 saturated heterocycles. The van der Waals surface area contributed by atoms with E-state index in [2.05, 4.69) is 4.98 Å². The number of benzene rings is 1. The fourth-order valence-electron chi connectivity index (χ4n) is 3.97. The second kappa shape index (κ2) is 3.87. The van der Waals surface area contributed by atoms with Crippen LogP contribution in [0, 0.1) is 0 Å². The van der Waals surface area contributed by atoms with Crippen LogP contribution in [0.25, 0.3) is 10.9 Å². The van der Waals surface area contributed by atoms with Crippen molar-refractivity contribution in [3.8, 4) is 0 Å². The molecular formula is C16H15N2O3-. The van der Waals surface area contributed by atoms with E-state index in [1.165, 1.54) is 4.90 Å². The molecule has 1 N–H and O–H groups in total. The van der Waals surface area contributed by atoms with Crippen molar-refractivity contribution in [3.05, 3.63) is 35.5 Å². The molecule has 3 heterocycles. The Bertz CT molecular complexity index is 779. The van der Waals surface area contributed by atoms with Crippen molar-refractivity contribution in [2.45, 2.75) is 37.8 Å². The molecule has 0 spiro atoms. The van der Waals surface area contributed by atoms with Crippen molar-refractivity contribution in [3.63, 3.8) is 0 Å². The highest BCUT2D eigenvalue weighted by atomic mass is 16.4. The zero-order chi connectivity index (χ0) is 14.8. The molecule has 5 heteroatoms. The third-order valence-electron chi connectivity index (χ3n) is 4.96. The van der Waals surface area contributed by atoms with E-state index in [0.29, 0.717) is 19.3 Å². The molecule has 1 amide bonds. The fourth-order valence-corrected chi connectivity index (χ4v) is 3.97. The molecule has 2 aromatic rings. The molecule has 108 valence electrons. The number of aromatic nitrogens is 1. The summed E-state index contributed by atoms with van der Waals surface area (Å²) in [6.07, 6.45) is 1.33. The SMILES string of the molecule is C[C@]12CCC(=O)N1[C@@H](C(=O)[O-])Cc1c2[nH]c2ccccc12. The average Bonchev–Trinajstić information content (AvgIpc) is 2.98. The van der Waals surface area contributed by atoms with Gasteiger partial charge in [-0.25, -0.2) is 0 Å². The van der Waals surface area contributed by atoms with Crippen LogP contribution >= 0.6 is 0 Å². The molecular weight excluding hydrogens is 268 g/mol. The number of aliphatic carboxylic acids is 1. The maximum atomic E-state index is 12.2. The van der Waals surface area contributed by atoms with Gasteiger partial charge in [-0.15, -0.1) is 0 Å². The van der Waals surface area contributed by atoms with Gasteiger partial charge >= 0.3 is 0 Å². The predicted molar refractivity (Wildman–Crippen MR) is 74.2 cm³/mol. The number of hydrogen-bond donors (Lipinski definition) is 1. The van der Waals surface area contributed by atoms with Crippen LogP contribution in [0.2, 0.25) is 0 Å². The Kier molecular flexibility index (Phi) is 2.29. The molecule has 0 radical (unpaired) electrons. The molecule has 1 fully saturated rings. The van der Waals surface area contributed by atoms with Gasteiger partial charge in [0, 0.05) is 29.4 Å². The Morgan fingerprint density at radius 3 is 2.95 bits per heavy atom. The minimum Gasteiger partial charge on any atom is -0.548 e. The van der Waals surface area contributed by atoms with Gasteiger partial charge in [-0.3, -0.25) is 4.79 Å². The van der Waals surface area contributed by atoms with Crippen LogP contribution in [0.1, 0.15) is 31.0 Å². The summed E-state index contributed by atoms with van der Waals surface area (Å²) in [5.74, 6) is -1.27. The molecule has 0 unspecified atom stereocenters. The lowest BCUT2D eigenvalue weighted by molar-refractivity contribution is -0.312. The monoisotopic (exact) mass is 283 g/mol. The minimum atomic E-state index is -1.17. The molecule has 2 atom stereocenters. The summed E-state index contributed by atoms with van der Waals surface area (Å²) in [4.78, 5) is 28.6. The number of carbonyl (C=O) groups is 2. The second-order valence-electron chi connectivity index (χ2n) is 6.10. The Morgan fingerprint density at radius 1 is 1.43 bits per heavy atom. The molecule has 2 aliphatic rings. The Morgan fingerprint density at radius 2 is 2.19 bits per heavy atom. The smallest absolute Gasteiger partial charge is 0.224 e. The standard InChI is InChI=1S/C16H16N2O3/c1-16-7-6-13(19)18(16)12(15(20)21)8-10-9-4-2-3-5-11(9)17-14(10)16/h2-5,12,17H,6-8H2,1H3,(H,20,21)/p-1/t12-,16-/m1/s1. The van der Waals surface area contributed by atoms with E-state index in [4.69, 9.17) is 0 Å². The zero-order valence-electron chi connectivity index (χ0n) is 11.7. The summed E-state index contributed by atoms with van der Waals surface area (Å²) < 4.78 is 0. The maximum Gasteiger partial charge on any atom is 0.224 e. The number of carboxylic acid groups (broad SMARTS) is 1. The molecule has 1 aromatic carbocycles. The summed E-state index contributed by atoms with van der Waals surface area (Å²) in [5.41, 5.74) is 2.40. The lowest BCUT2D eigenvalue weighted by atomic mass is 9.83. The molecule has 4 rings (SSSR count). The number of amides is 1. The van der Waals surface area contributed by atoms with E-state index in [-0.39, 0.29) is 5.91 Å². The summed E-state index contributed by atoms with van der Waals surface area (Å²) in [6.45, 7) is 1.95. The van der Waals surface area contributed by atoms with Crippen LogP contribution in [0.3, 0.4) is 0 Å². The van der Waals surface area contributed by atoms with Crippen molar-refractivity contribution in [2.24, 2.45) is 0 Å². The molecule has 1 aromatic heterocycles. The molecule has 5 nitrogen and oxygen atoms in total. The largest absolute Gasteiger partial charge is 0.548 e. The van der Waals surface area contributed by atoms with Gasteiger partial charge in [0.05, 0.1) is 17.6 Å². The number of para-hydroxylation sites is 1. The number of carboxylic acids is 1. The van der Waals surface area contributed by atoms with Gasteiger partial charge in [-0.1, -0.05) is 18.2 Å². The van der Waals surface area contributed by atoms with Gasteiger partial charge in [0.25, 0.3) is 0 Å². The molecule has 21 heavy (non-hydrogen) atoms. The van der Waals surface area contributed by atoms with E-state index < -0.39 is 17.6 Å². The first-order valence-corrected chi connectivity index (χ1v) is 7.15. The van der Waals surface area contributed by atoms with Gasteiger partial charge in [-0.05, 0) is 25.0 Å². The Balaban J connectivity index is 2.01. The first-order valence-electron chi connectivity index (χ1n) is 7.15. The summed E-state index contributed by atoms with van der Waals surface area (Å²) in [5, 5.41) is 12.6.